The molecule has 0 N–H and O–H groups in total. The number of rotatable bonds is 6. The SMILES string of the molecule is COC(=O)N(C)CCOc1ccc(Oc2ccccc2)cc1. The highest BCUT2D eigenvalue weighted by atomic mass is 16.5. The molecule has 0 aromatic heterocycles. The van der Waals surface area contributed by atoms with E-state index in [2.05, 4.69) is 4.74 Å². The van der Waals surface area contributed by atoms with Gasteiger partial charge in [-0.2, -0.15) is 0 Å². The van der Waals surface area contributed by atoms with Crippen LogP contribution in [-0.2, 0) is 4.74 Å². The third-order valence-corrected chi connectivity index (χ3v) is 2.98. The molecule has 2 aromatic rings. The smallest absolute Gasteiger partial charge is 0.409 e. The van der Waals surface area contributed by atoms with Crippen LogP contribution in [0.5, 0.6) is 17.2 Å². The van der Waals surface area contributed by atoms with Crippen LogP contribution in [0.25, 0.3) is 0 Å². The second-order valence-corrected chi connectivity index (χ2v) is 4.63. The van der Waals surface area contributed by atoms with Gasteiger partial charge in [-0.1, -0.05) is 18.2 Å². The minimum Gasteiger partial charge on any atom is -0.492 e. The summed E-state index contributed by atoms with van der Waals surface area (Å²) < 4.78 is 15.9. The molecule has 0 saturated carbocycles. The number of hydrogen-bond acceptors (Lipinski definition) is 4. The van der Waals surface area contributed by atoms with Crippen molar-refractivity contribution in [1.29, 1.82) is 0 Å². The summed E-state index contributed by atoms with van der Waals surface area (Å²) in [5.41, 5.74) is 0. The van der Waals surface area contributed by atoms with Crippen LogP contribution in [0.2, 0.25) is 0 Å². The first-order chi connectivity index (χ1) is 10.7. The first kappa shape index (κ1) is 15.7. The maximum Gasteiger partial charge on any atom is 0.409 e. The summed E-state index contributed by atoms with van der Waals surface area (Å²) in [6.45, 7) is 0.847. The van der Waals surface area contributed by atoms with Gasteiger partial charge in [0.1, 0.15) is 23.9 Å². The standard InChI is InChI=1S/C17H19NO4/c1-18(17(19)20-2)12-13-21-14-8-10-16(11-9-14)22-15-6-4-3-5-7-15/h3-11H,12-13H2,1-2H3. The molecule has 0 aliphatic heterocycles. The Morgan fingerprint density at radius 2 is 1.55 bits per heavy atom. The molecule has 0 radical (unpaired) electrons. The number of ether oxygens (including phenoxy) is 3. The fourth-order valence-corrected chi connectivity index (χ4v) is 1.78. The lowest BCUT2D eigenvalue weighted by Gasteiger charge is -2.15. The van der Waals surface area contributed by atoms with E-state index in [-0.39, 0.29) is 6.09 Å². The van der Waals surface area contributed by atoms with E-state index >= 15 is 0 Å². The van der Waals surface area contributed by atoms with Crippen LogP contribution in [0, 0.1) is 0 Å². The molecular formula is C17H19NO4. The van der Waals surface area contributed by atoms with E-state index in [0.29, 0.717) is 13.2 Å². The zero-order valence-electron chi connectivity index (χ0n) is 12.7. The van der Waals surface area contributed by atoms with Crippen LogP contribution in [0.4, 0.5) is 4.79 Å². The third-order valence-electron chi connectivity index (χ3n) is 2.98. The average molecular weight is 301 g/mol. The van der Waals surface area contributed by atoms with Gasteiger partial charge in [0.15, 0.2) is 0 Å². The maximum absolute atomic E-state index is 11.2. The summed E-state index contributed by atoms with van der Waals surface area (Å²) in [5, 5.41) is 0. The molecule has 1 amide bonds. The monoisotopic (exact) mass is 301 g/mol. The molecule has 0 atom stereocenters. The number of hydrogen-bond donors (Lipinski definition) is 0. The minimum absolute atomic E-state index is 0.379. The van der Waals surface area contributed by atoms with Gasteiger partial charge in [-0.15, -0.1) is 0 Å². The van der Waals surface area contributed by atoms with Crippen molar-refractivity contribution in [3.05, 3.63) is 54.6 Å². The lowest BCUT2D eigenvalue weighted by Crippen LogP contribution is -2.30. The summed E-state index contributed by atoms with van der Waals surface area (Å²) in [5.74, 6) is 2.25. The zero-order chi connectivity index (χ0) is 15.8. The Balaban J connectivity index is 1.81. The summed E-state index contributed by atoms with van der Waals surface area (Å²) in [6, 6.07) is 16.9. The lowest BCUT2D eigenvalue weighted by atomic mass is 10.3. The first-order valence-electron chi connectivity index (χ1n) is 6.94. The molecule has 0 unspecified atom stereocenters. The normalized spacial score (nSPS) is 9.91. The van der Waals surface area contributed by atoms with Gasteiger partial charge in [-0.05, 0) is 36.4 Å². The van der Waals surface area contributed by atoms with Gasteiger partial charge in [0.05, 0.1) is 13.7 Å². The van der Waals surface area contributed by atoms with Gasteiger partial charge < -0.3 is 19.1 Å². The molecule has 2 rings (SSSR count). The molecule has 0 heterocycles. The predicted octanol–water partition coefficient (Wildman–Crippen LogP) is 3.56. The largest absolute Gasteiger partial charge is 0.492 e. The van der Waals surface area contributed by atoms with Crippen molar-refractivity contribution in [1.82, 2.24) is 4.90 Å². The van der Waals surface area contributed by atoms with E-state index in [4.69, 9.17) is 9.47 Å². The molecule has 5 heteroatoms. The fourth-order valence-electron chi connectivity index (χ4n) is 1.78. The van der Waals surface area contributed by atoms with Crippen molar-refractivity contribution >= 4 is 6.09 Å². The topological polar surface area (TPSA) is 48.0 Å². The van der Waals surface area contributed by atoms with Gasteiger partial charge in [0.2, 0.25) is 0 Å². The van der Waals surface area contributed by atoms with Crippen LogP contribution < -0.4 is 9.47 Å². The number of carbonyl (C=O) groups is 1. The molecule has 22 heavy (non-hydrogen) atoms. The summed E-state index contributed by atoms with van der Waals surface area (Å²) in [6.07, 6.45) is -0.379. The van der Waals surface area contributed by atoms with Crippen molar-refractivity contribution in [2.75, 3.05) is 27.3 Å². The molecule has 0 bridgehead atoms. The number of para-hydroxylation sites is 1. The van der Waals surface area contributed by atoms with Crippen molar-refractivity contribution in [3.8, 4) is 17.2 Å². The summed E-state index contributed by atoms with van der Waals surface area (Å²) in [7, 11) is 3.01. The second kappa shape index (κ2) is 7.93. The van der Waals surface area contributed by atoms with Gasteiger partial charge in [-0.3, -0.25) is 0 Å². The van der Waals surface area contributed by atoms with Gasteiger partial charge in [0.25, 0.3) is 0 Å². The number of benzene rings is 2. The van der Waals surface area contributed by atoms with E-state index in [9.17, 15) is 4.79 Å². The number of likely N-dealkylation sites (N-methyl/N-ethyl adjacent to an activating group) is 1. The summed E-state index contributed by atoms with van der Waals surface area (Å²) in [4.78, 5) is 12.7. The Morgan fingerprint density at radius 1 is 0.955 bits per heavy atom. The Labute approximate surface area is 130 Å². The van der Waals surface area contributed by atoms with Crippen LogP contribution in [-0.4, -0.2) is 38.3 Å². The van der Waals surface area contributed by atoms with Gasteiger partial charge >= 0.3 is 6.09 Å². The minimum atomic E-state index is -0.379. The number of methoxy groups -OCH3 is 1. The van der Waals surface area contributed by atoms with Crippen molar-refractivity contribution in [3.63, 3.8) is 0 Å². The quantitative estimate of drug-likeness (QED) is 0.818. The van der Waals surface area contributed by atoms with Crippen LogP contribution in [0.3, 0.4) is 0 Å². The van der Waals surface area contributed by atoms with Crippen molar-refractivity contribution in [2.45, 2.75) is 0 Å². The van der Waals surface area contributed by atoms with E-state index in [1.807, 2.05) is 54.6 Å². The molecule has 0 spiro atoms. The Kier molecular flexibility index (Phi) is 5.65. The van der Waals surface area contributed by atoms with E-state index in [1.54, 1.807) is 7.05 Å². The van der Waals surface area contributed by atoms with Crippen molar-refractivity contribution in [2.24, 2.45) is 0 Å². The fraction of sp³-hybridized carbons (Fsp3) is 0.235. The Hall–Kier alpha value is -2.69. The highest BCUT2D eigenvalue weighted by Crippen LogP contribution is 2.23. The first-order valence-corrected chi connectivity index (χ1v) is 6.94. The van der Waals surface area contributed by atoms with Crippen LogP contribution in [0.15, 0.2) is 54.6 Å². The molecule has 0 aliphatic rings. The average Bonchev–Trinajstić information content (AvgIpc) is 2.56. The molecule has 5 nitrogen and oxygen atoms in total. The molecular weight excluding hydrogens is 282 g/mol. The van der Waals surface area contributed by atoms with E-state index in [1.165, 1.54) is 12.0 Å². The third kappa shape index (κ3) is 4.70. The highest BCUT2D eigenvalue weighted by Gasteiger charge is 2.07. The lowest BCUT2D eigenvalue weighted by molar-refractivity contribution is 0.126. The summed E-state index contributed by atoms with van der Waals surface area (Å²) >= 11 is 0. The predicted molar refractivity (Wildman–Crippen MR) is 83.5 cm³/mol. The van der Waals surface area contributed by atoms with Crippen LogP contribution >= 0.6 is 0 Å². The zero-order valence-corrected chi connectivity index (χ0v) is 12.7. The highest BCUT2D eigenvalue weighted by molar-refractivity contribution is 5.66. The molecule has 0 saturated heterocycles. The molecule has 116 valence electrons. The maximum atomic E-state index is 11.2. The number of carbonyl (C=O) groups excluding carboxylic acids is 1. The number of amides is 1. The van der Waals surface area contributed by atoms with E-state index in [0.717, 1.165) is 17.2 Å². The number of nitrogens with zero attached hydrogens (tertiary/aromatic N) is 1. The Morgan fingerprint density at radius 3 is 2.18 bits per heavy atom. The van der Waals surface area contributed by atoms with Gasteiger partial charge in [-0.25, -0.2) is 4.79 Å². The van der Waals surface area contributed by atoms with Gasteiger partial charge in [0, 0.05) is 7.05 Å². The van der Waals surface area contributed by atoms with Crippen LogP contribution in [0.1, 0.15) is 0 Å². The molecule has 2 aromatic carbocycles. The van der Waals surface area contributed by atoms with E-state index < -0.39 is 0 Å². The molecule has 0 aliphatic carbocycles. The Bertz CT molecular complexity index is 583. The molecule has 0 fully saturated rings. The second-order valence-electron chi connectivity index (χ2n) is 4.63. The van der Waals surface area contributed by atoms with Crippen molar-refractivity contribution < 1.29 is 19.0 Å².